The molecule has 0 atom stereocenters. The number of hydrogen-bond acceptors (Lipinski definition) is 3. The molecular formula is C13H18N2O3S. The van der Waals surface area contributed by atoms with Gasteiger partial charge < -0.3 is 5.32 Å². The lowest BCUT2D eigenvalue weighted by Crippen LogP contribution is -2.24. The first-order valence-corrected chi connectivity index (χ1v) is 7.46. The van der Waals surface area contributed by atoms with E-state index in [1.165, 1.54) is 18.2 Å². The van der Waals surface area contributed by atoms with E-state index in [0.717, 1.165) is 12.0 Å². The molecule has 0 spiro atoms. The molecule has 6 heteroatoms. The van der Waals surface area contributed by atoms with Crippen molar-refractivity contribution in [2.75, 3.05) is 6.54 Å². The average molecular weight is 282 g/mol. The van der Waals surface area contributed by atoms with Crippen molar-refractivity contribution in [3.05, 3.63) is 42.5 Å². The largest absolute Gasteiger partial charge is 0.348 e. The van der Waals surface area contributed by atoms with Gasteiger partial charge in [0.05, 0.1) is 4.90 Å². The molecule has 1 amide bonds. The molecule has 2 N–H and O–H groups in total. The maximum Gasteiger partial charge on any atom is 0.243 e. The molecule has 0 bridgehead atoms. The Morgan fingerprint density at radius 3 is 2.47 bits per heavy atom. The third kappa shape index (κ3) is 4.84. The Morgan fingerprint density at radius 2 is 1.95 bits per heavy atom. The van der Waals surface area contributed by atoms with E-state index in [2.05, 4.69) is 16.6 Å². The fraction of sp³-hybridized carbons (Fsp3) is 0.308. The van der Waals surface area contributed by atoms with E-state index in [-0.39, 0.29) is 10.8 Å². The lowest BCUT2D eigenvalue weighted by Gasteiger charge is -2.07. The van der Waals surface area contributed by atoms with Gasteiger partial charge in [-0.15, -0.1) is 0 Å². The first-order valence-electron chi connectivity index (χ1n) is 5.98. The number of benzene rings is 1. The highest BCUT2D eigenvalue weighted by Gasteiger charge is 2.12. The maximum absolute atomic E-state index is 11.8. The van der Waals surface area contributed by atoms with Crippen LogP contribution in [0.5, 0.6) is 0 Å². The normalized spacial score (nSPS) is 11.0. The van der Waals surface area contributed by atoms with Crippen molar-refractivity contribution >= 4 is 15.9 Å². The number of carbonyl (C=O) groups excluding carboxylic acids is 1. The monoisotopic (exact) mass is 282 g/mol. The van der Waals surface area contributed by atoms with Gasteiger partial charge in [0.1, 0.15) is 0 Å². The second kappa shape index (κ2) is 7.06. The SMILES string of the molecule is C=CC(=O)NCc1ccc(S(=O)(=O)NCCC)cc1. The van der Waals surface area contributed by atoms with Gasteiger partial charge in [0, 0.05) is 13.1 Å². The minimum Gasteiger partial charge on any atom is -0.348 e. The van der Waals surface area contributed by atoms with Crippen molar-refractivity contribution in [1.82, 2.24) is 10.0 Å². The van der Waals surface area contributed by atoms with Crippen LogP contribution >= 0.6 is 0 Å². The smallest absolute Gasteiger partial charge is 0.243 e. The Bertz CT molecular complexity index is 536. The highest BCUT2D eigenvalue weighted by atomic mass is 32.2. The number of sulfonamides is 1. The lowest BCUT2D eigenvalue weighted by atomic mass is 10.2. The molecule has 0 saturated carbocycles. The van der Waals surface area contributed by atoms with Crippen molar-refractivity contribution < 1.29 is 13.2 Å². The highest BCUT2D eigenvalue weighted by molar-refractivity contribution is 7.89. The number of rotatable bonds is 7. The second-order valence-electron chi connectivity index (χ2n) is 3.96. The second-order valence-corrected chi connectivity index (χ2v) is 5.73. The van der Waals surface area contributed by atoms with Gasteiger partial charge in [0.2, 0.25) is 15.9 Å². The standard InChI is InChI=1S/C13H18N2O3S/c1-3-9-15-19(17,18)12-7-5-11(6-8-12)10-14-13(16)4-2/h4-8,15H,2-3,9-10H2,1H3,(H,14,16). The molecule has 104 valence electrons. The Morgan fingerprint density at radius 1 is 1.32 bits per heavy atom. The molecule has 5 nitrogen and oxygen atoms in total. The van der Waals surface area contributed by atoms with Gasteiger partial charge >= 0.3 is 0 Å². The molecule has 0 heterocycles. The zero-order valence-electron chi connectivity index (χ0n) is 10.8. The molecule has 0 radical (unpaired) electrons. The summed E-state index contributed by atoms with van der Waals surface area (Å²) >= 11 is 0. The van der Waals surface area contributed by atoms with E-state index in [9.17, 15) is 13.2 Å². The topological polar surface area (TPSA) is 75.3 Å². The molecule has 0 aliphatic heterocycles. The van der Waals surface area contributed by atoms with Crippen LogP contribution in [0, 0.1) is 0 Å². The third-order valence-corrected chi connectivity index (χ3v) is 3.90. The van der Waals surface area contributed by atoms with E-state index >= 15 is 0 Å². The van der Waals surface area contributed by atoms with Gasteiger partial charge in [-0.25, -0.2) is 13.1 Å². The van der Waals surface area contributed by atoms with E-state index in [1.54, 1.807) is 12.1 Å². The number of nitrogens with one attached hydrogen (secondary N) is 2. The molecule has 1 aromatic carbocycles. The number of carbonyl (C=O) groups is 1. The number of amides is 1. The summed E-state index contributed by atoms with van der Waals surface area (Å²) in [5, 5.41) is 2.62. The van der Waals surface area contributed by atoms with E-state index in [0.29, 0.717) is 13.1 Å². The molecule has 0 aromatic heterocycles. The van der Waals surface area contributed by atoms with Gasteiger partial charge in [-0.2, -0.15) is 0 Å². The predicted molar refractivity (Wildman–Crippen MR) is 74.0 cm³/mol. The average Bonchev–Trinajstić information content (AvgIpc) is 2.43. The van der Waals surface area contributed by atoms with Gasteiger partial charge in [0.15, 0.2) is 0 Å². The van der Waals surface area contributed by atoms with E-state index in [1.807, 2.05) is 6.92 Å². The van der Waals surface area contributed by atoms with Crippen LogP contribution in [0.1, 0.15) is 18.9 Å². The van der Waals surface area contributed by atoms with Crippen molar-refractivity contribution in [3.63, 3.8) is 0 Å². The van der Waals surface area contributed by atoms with Crippen LogP contribution < -0.4 is 10.0 Å². The minimum absolute atomic E-state index is 0.222. The Kier molecular flexibility index (Phi) is 5.72. The fourth-order valence-corrected chi connectivity index (χ4v) is 2.50. The summed E-state index contributed by atoms with van der Waals surface area (Å²) in [7, 11) is -3.43. The summed E-state index contributed by atoms with van der Waals surface area (Å²) in [6.45, 7) is 6.00. The summed E-state index contributed by atoms with van der Waals surface area (Å²) in [5.41, 5.74) is 0.824. The highest BCUT2D eigenvalue weighted by Crippen LogP contribution is 2.10. The van der Waals surface area contributed by atoms with Crippen LogP contribution in [0.2, 0.25) is 0 Å². The van der Waals surface area contributed by atoms with Crippen LogP contribution in [0.15, 0.2) is 41.8 Å². The Hall–Kier alpha value is -1.66. The molecular weight excluding hydrogens is 264 g/mol. The van der Waals surface area contributed by atoms with Gasteiger partial charge in [0.25, 0.3) is 0 Å². The van der Waals surface area contributed by atoms with Crippen LogP contribution in [-0.4, -0.2) is 20.9 Å². The van der Waals surface area contributed by atoms with Gasteiger partial charge in [-0.1, -0.05) is 25.6 Å². The van der Waals surface area contributed by atoms with Crippen LogP contribution in [0.25, 0.3) is 0 Å². The summed E-state index contributed by atoms with van der Waals surface area (Å²) < 4.78 is 26.1. The van der Waals surface area contributed by atoms with Crippen LogP contribution in [-0.2, 0) is 21.4 Å². The first-order chi connectivity index (χ1) is 8.99. The Labute approximate surface area is 113 Å². The first kappa shape index (κ1) is 15.4. The quantitative estimate of drug-likeness (QED) is 0.737. The van der Waals surface area contributed by atoms with Crippen LogP contribution in [0.4, 0.5) is 0 Å². The third-order valence-electron chi connectivity index (χ3n) is 2.43. The lowest BCUT2D eigenvalue weighted by molar-refractivity contribution is -0.116. The fourth-order valence-electron chi connectivity index (χ4n) is 1.37. The zero-order valence-corrected chi connectivity index (χ0v) is 11.7. The van der Waals surface area contributed by atoms with Gasteiger partial charge in [-0.3, -0.25) is 4.79 Å². The predicted octanol–water partition coefficient (Wildman–Crippen LogP) is 1.18. The van der Waals surface area contributed by atoms with Crippen molar-refractivity contribution in [1.29, 1.82) is 0 Å². The van der Waals surface area contributed by atoms with Crippen molar-refractivity contribution in [3.8, 4) is 0 Å². The molecule has 0 fully saturated rings. The molecule has 0 unspecified atom stereocenters. The van der Waals surface area contributed by atoms with Crippen molar-refractivity contribution in [2.24, 2.45) is 0 Å². The van der Waals surface area contributed by atoms with Gasteiger partial charge in [-0.05, 0) is 30.2 Å². The van der Waals surface area contributed by atoms with Crippen LogP contribution in [0.3, 0.4) is 0 Å². The summed E-state index contributed by atoms with van der Waals surface area (Å²) in [6, 6.07) is 6.38. The molecule has 0 aliphatic carbocycles. The molecule has 0 saturated heterocycles. The molecule has 19 heavy (non-hydrogen) atoms. The summed E-state index contributed by atoms with van der Waals surface area (Å²) in [4.78, 5) is 11.2. The summed E-state index contributed by atoms with van der Waals surface area (Å²) in [5.74, 6) is -0.263. The number of hydrogen-bond donors (Lipinski definition) is 2. The van der Waals surface area contributed by atoms with Crippen molar-refractivity contribution in [2.45, 2.75) is 24.8 Å². The van der Waals surface area contributed by atoms with E-state index < -0.39 is 10.0 Å². The summed E-state index contributed by atoms with van der Waals surface area (Å²) in [6.07, 6.45) is 1.93. The zero-order chi connectivity index (χ0) is 14.3. The molecule has 1 aromatic rings. The van der Waals surface area contributed by atoms with E-state index in [4.69, 9.17) is 0 Å². The minimum atomic E-state index is -3.43. The molecule has 0 aliphatic rings. The maximum atomic E-state index is 11.8. The Balaban J connectivity index is 2.70. The molecule has 1 rings (SSSR count).